The first-order chi connectivity index (χ1) is 17.1. The Morgan fingerprint density at radius 2 is 1.67 bits per heavy atom. The van der Waals surface area contributed by atoms with Crippen molar-refractivity contribution in [1.29, 1.82) is 0 Å². The maximum Gasteiger partial charge on any atom is 0.339 e. The molecular weight excluding hydrogens is 458 g/mol. The van der Waals surface area contributed by atoms with Gasteiger partial charge in [-0.2, -0.15) is 5.10 Å². The zero-order valence-electron chi connectivity index (χ0n) is 20.5. The highest BCUT2D eigenvalue weighted by Gasteiger charge is 2.24. The van der Waals surface area contributed by atoms with Crippen molar-refractivity contribution < 1.29 is 19.1 Å². The van der Waals surface area contributed by atoms with Gasteiger partial charge in [0.05, 0.1) is 22.8 Å². The molecule has 184 valence electrons. The molecular formula is C27H27N5O4. The molecule has 36 heavy (non-hydrogen) atoms. The van der Waals surface area contributed by atoms with Crippen molar-refractivity contribution in [1.82, 2.24) is 14.8 Å². The summed E-state index contributed by atoms with van der Waals surface area (Å²) in [6.45, 7) is 7.44. The molecule has 1 atom stereocenters. The van der Waals surface area contributed by atoms with E-state index in [0.29, 0.717) is 28.0 Å². The number of carbonyl (C=O) groups excluding carboxylic acids is 3. The van der Waals surface area contributed by atoms with Gasteiger partial charge in [0.25, 0.3) is 5.91 Å². The van der Waals surface area contributed by atoms with Crippen molar-refractivity contribution in [2.45, 2.75) is 39.8 Å². The Morgan fingerprint density at radius 1 is 1.00 bits per heavy atom. The van der Waals surface area contributed by atoms with E-state index in [0.717, 1.165) is 11.1 Å². The van der Waals surface area contributed by atoms with Crippen LogP contribution in [0.25, 0.3) is 22.3 Å². The fourth-order valence-corrected chi connectivity index (χ4v) is 3.68. The molecule has 0 aliphatic heterocycles. The minimum atomic E-state index is -1.08. The number of fused-ring (bicyclic) bond motifs is 1. The highest BCUT2D eigenvalue weighted by molar-refractivity contribution is 6.05. The van der Waals surface area contributed by atoms with Gasteiger partial charge >= 0.3 is 5.97 Å². The molecule has 0 aliphatic carbocycles. The van der Waals surface area contributed by atoms with Crippen molar-refractivity contribution in [2.75, 3.05) is 5.32 Å². The second kappa shape index (κ2) is 9.99. The van der Waals surface area contributed by atoms with Crippen LogP contribution in [-0.4, -0.2) is 38.7 Å². The van der Waals surface area contributed by atoms with Gasteiger partial charge in [-0.05, 0) is 58.0 Å². The number of pyridine rings is 1. The number of anilines is 1. The number of aryl methyl sites for hydroxylation is 1. The smallest absolute Gasteiger partial charge is 0.339 e. The minimum Gasteiger partial charge on any atom is -0.449 e. The van der Waals surface area contributed by atoms with Gasteiger partial charge in [0.2, 0.25) is 5.91 Å². The number of nitrogens with one attached hydrogen (secondary N) is 1. The summed E-state index contributed by atoms with van der Waals surface area (Å²) in [6.07, 6.45) is 0.502. The van der Waals surface area contributed by atoms with Crippen LogP contribution in [0.15, 0.2) is 60.8 Å². The molecule has 0 fully saturated rings. The summed E-state index contributed by atoms with van der Waals surface area (Å²) < 4.78 is 7.28. The highest BCUT2D eigenvalue weighted by atomic mass is 16.5. The molecule has 0 radical (unpaired) electrons. The summed E-state index contributed by atoms with van der Waals surface area (Å²) in [4.78, 5) is 41.9. The van der Waals surface area contributed by atoms with Crippen LogP contribution in [0.5, 0.6) is 0 Å². The van der Waals surface area contributed by atoms with E-state index in [9.17, 15) is 14.4 Å². The van der Waals surface area contributed by atoms with Crippen LogP contribution >= 0.6 is 0 Å². The number of nitrogens with zero attached hydrogens (tertiary/aromatic N) is 3. The average molecular weight is 486 g/mol. The number of hydrogen-bond acceptors (Lipinski definition) is 6. The number of carbonyl (C=O) groups is 3. The number of nitrogens with two attached hydrogens (primary N) is 1. The minimum absolute atomic E-state index is 0.0257. The largest absolute Gasteiger partial charge is 0.449 e. The third-order valence-corrected chi connectivity index (χ3v) is 5.71. The molecule has 2 aromatic heterocycles. The van der Waals surface area contributed by atoms with Gasteiger partial charge in [-0.15, -0.1) is 0 Å². The van der Waals surface area contributed by atoms with Crippen molar-refractivity contribution in [3.05, 3.63) is 77.5 Å². The van der Waals surface area contributed by atoms with Gasteiger partial charge in [-0.1, -0.05) is 29.8 Å². The second-order valence-electron chi connectivity index (χ2n) is 8.82. The zero-order chi connectivity index (χ0) is 26.0. The number of primary amides is 1. The molecule has 1 unspecified atom stereocenters. The van der Waals surface area contributed by atoms with E-state index in [-0.39, 0.29) is 11.6 Å². The van der Waals surface area contributed by atoms with Crippen LogP contribution in [0.3, 0.4) is 0 Å². The number of amides is 2. The summed E-state index contributed by atoms with van der Waals surface area (Å²) in [7, 11) is 0. The normalized spacial score (nSPS) is 11.9. The van der Waals surface area contributed by atoms with E-state index in [1.807, 2.05) is 45.0 Å². The third-order valence-electron chi connectivity index (χ3n) is 5.71. The van der Waals surface area contributed by atoms with E-state index < -0.39 is 23.9 Å². The molecule has 0 saturated carbocycles. The Labute approximate surface area is 208 Å². The monoisotopic (exact) mass is 485 g/mol. The van der Waals surface area contributed by atoms with Crippen molar-refractivity contribution in [3.8, 4) is 11.3 Å². The van der Waals surface area contributed by atoms with Gasteiger partial charge in [0.15, 0.2) is 11.8 Å². The van der Waals surface area contributed by atoms with Gasteiger partial charge in [-0.25, -0.2) is 14.5 Å². The second-order valence-corrected chi connectivity index (χ2v) is 8.82. The Balaban J connectivity index is 1.61. The first kappa shape index (κ1) is 24.6. The first-order valence-electron chi connectivity index (χ1n) is 11.5. The van der Waals surface area contributed by atoms with Crippen LogP contribution in [0.4, 0.5) is 5.69 Å². The van der Waals surface area contributed by atoms with Crippen LogP contribution in [-0.2, 0) is 9.53 Å². The molecule has 9 nitrogen and oxygen atoms in total. The maximum atomic E-state index is 13.2. The summed E-state index contributed by atoms with van der Waals surface area (Å²) in [5, 5.41) is 7.62. The predicted octanol–water partition coefficient (Wildman–Crippen LogP) is 4.27. The highest BCUT2D eigenvalue weighted by Crippen LogP contribution is 2.27. The Bertz CT molecular complexity index is 1440. The molecule has 0 bridgehead atoms. The van der Waals surface area contributed by atoms with E-state index in [1.54, 1.807) is 29.1 Å². The Morgan fingerprint density at radius 3 is 2.28 bits per heavy atom. The number of benzene rings is 2. The first-order valence-corrected chi connectivity index (χ1v) is 11.5. The Kier molecular flexibility index (Phi) is 6.82. The summed E-state index contributed by atoms with van der Waals surface area (Å²) in [6, 6.07) is 15.6. The lowest BCUT2D eigenvalue weighted by molar-refractivity contribution is -0.123. The lowest BCUT2D eigenvalue weighted by Gasteiger charge is -2.15. The van der Waals surface area contributed by atoms with Gasteiger partial charge in [-0.3, -0.25) is 9.59 Å². The fraction of sp³-hybridized carbons (Fsp3) is 0.222. The van der Waals surface area contributed by atoms with Gasteiger partial charge in [0.1, 0.15) is 0 Å². The summed E-state index contributed by atoms with van der Waals surface area (Å²) in [5.41, 5.74) is 9.39. The molecule has 2 heterocycles. The van der Waals surface area contributed by atoms with Crippen molar-refractivity contribution >= 4 is 34.5 Å². The molecule has 2 amide bonds. The van der Waals surface area contributed by atoms with Gasteiger partial charge < -0.3 is 15.8 Å². The lowest BCUT2D eigenvalue weighted by Crippen LogP contribution is -2.30. The predicted molar refractivity (Wildman–Crippen MR) is 137 cm³/mol. The van der Waals surface area contributed by atoms with Crippen LogP contribution in [0, 0.1) is 6.92 Å². The summed E-state index contributed by atoms with van der Waals surface area (Å²) in [5.74, 6) is -1.74. The summed E-state index contributed by atoms with van der Waals surface area (Å²) >= 11 is 0. The molecule has 0 aliphatic rings. The van der Waals surface area contributed by atoms with E-state index in [1.165, 1.54) is 19.1 Å². The number of hydrogen-bond donors (Lipinski definition) is 2. The van der Waals surface area contributed by atoms with E-state index >= 15 is 0 Å². The van der Waals surface area contributed by atoms with E-state index in [2.05, 4.69) is 10.4 Å². The molecule has 0 saturated heterocycles. The van der Waals surface area contributed by atoms with Gasteiger partial charge in [0, 0.05) is 22.9 Å². The Hall–Kier alpha value is -4.53. The molecule has 4 aromatic rings. The number of esters is 1. The molecule has 2 aromatic carbocycles. The number of rotatable bonds is 7. The molecule has 9 heteroatoms. The van der Waals surface area contributed by atoms with Crippen molar-refractivity contribution in [3.63, 3.8) is 0 Å². The SMILES string of the molecule is Cc1ccc(-c2cc(C(=O)OC(C)C(=O)Nc3ccc(C(N)=O)cc3)c3cnn(C(C)C)c3n2)cc1. The third kappa shape index (κ3) is 5.10. The number of ether oxygens (including phenoxy) is 1. The fourth-order valence-electron chi connectivity index (χ4n) is 3.68. The van der Waals surface area contributed by atoms with Crippen LogP contribution < -0.4 is 11.1 Å². The van der Waals surface area contributed by atoms with E-state index in [4.69, 9.17) is 15.5 Å². The lowest BCUT2D eigenvalue weighted by atomic mass is 10.1. The standard InChI is InChI=1S/C27H27N5O4/c1-15(2)32-25-22(14-29-32)21(13-23(31-25)18-7-5-16(3)6-8-18)27(35)36-17(4)26(34)30-20-11-9-19(10-12-20)24(28)33/h5-15,17H,1-4H3,(H2,28,33)(H,30,34). The van der Waals surface area contributed by atoms with Crippen LogP contribution in [0.2, 0.25) is 0 Å². The van der Waals surface area contributed by atoms with Crippen LogP contribution in [0.1, 0.15) is 53.1 Å². The molecule has 0 spiro atoms. The maximum absolute atomic E-state index is 13.2. The molecule has 3 N–H and O–H groups in total. The quantitative estimate of drug-likeness (QED) is 0.376. The average Bonchev–Trinajstić information content (AvgIpc) is 3.28. The van der Waals surface area contributed by atoms with Crippen molar-refractivity contribution in [2.24, 2.45) is 5.73 Å². The number of aromatic nitrogens is 3. The topological polar surface area (TPSA) is 129 Å². The molecule has 4 rings (SSSR count). The zero-order valence-corrected chi connectivity index (χ0v) is 20.5.